The normalized spacial score (nSPS) is 10.9. The highest BCUT2D eigenvalue weighted by Crippen LogP contribution is 2.25. The maximum absolute atomic E-state index is 11.5. The van der Waals surface area contributed by atoms with E-state index in [1.807, 2.05) is 13.8 Å². The Morgan fingerprint density at radius 1 is 1.47 bits per heavy atom. The molecule has 0 saturated carbocycles. The average Bonchev–Trinajstić information content (AvgIpc) is 2.41. The number of aromatic nitrogens is 2. The van der Waals surface area contributed by atoms with Crippen LogP contribution in [0.5, 0.6) is 0 Å². The number of hydrogen-bond donors (Lipinski definition) is 2. The second-order valence-corrected chi connectivity index (χ2v) is 3.76. The zero-order valence-electron chi connectivity index (χ0n) is 9.01. The van der Waals surface area contributed by atoms with Crippen molar-refractivity contribution in [3.05, 3.63) is 23.0 Å². The van der Waals surface area contributed by atoms with E-state index < -0.39 is 0 Å². The molecule has 78 valence electrons. The Morgan fingerprint density at radius 2 is 2.13 bits per heavy atom. The summed E-state index contributed by atoms with van der Waals surface area (Å²) in [7, 11) is 0. The van der Waals surface area contributed by atoms with Gasteiger partial charge in [-0.1, -0.05) is 0 Å². The molecular formula is C11H13N3O. The third-order valence-electron chi connectivity index (χ3n) is 2.45. The first-order valence-electron chi connectivity index (χ1n) is 4.77. The number of aryl methyl sites for hydroxylation is 2. The van der Waals surface area contributed by atoms with Crippen LogP contribution in [0.25, 0.3) is 11.0 Å². The van der Waals surface area contributed by atoms with Gasteiger partial charge in [0.2, 0.25) is 0 Å². The first-order chi connectivity index (χ1) is 7.00. The molecule has 0 atom stereocenters. The number of nitrogens with two attached hydrogens (primary N) is 1. The predicted octanol–water partition coefficient (Wildman–Crippen LogP) is 1.96. The van der Waals surface area contributed by atoms with Crippen molar-refractivity contribution in [2.75, 3.05) is 5.73 Å². The van der Waals surface area contributed by atoms with Crippen LogP contribution in [0.4, 0.5) is 5.69 Å². The number of anilines is 1. The quantitative estimate of drug-likeness (QED) is 0.696. The zero-order valence-corrected chi connectivity index (χ0v) is 9.01. The van der Waals surface area contributed by atoms with Gasteiger partial charge in [-0.25, -0.2) is 0 Å². The molecule has 0 spiro atoms. The van der Waals surface area contributed by atoms with Crippen LogP contribution in [0.2, 0.25) is 0 Å². The number of aromatic amines is 1. The Balaban J connectivity index is 2.93. The number of hydrogen-bond acceptors (Lipinski definition) is 3. The van der Waals surface area contributed by atoms with Gasteiger partial charge in [0.25, 0.3) is 0 Å². The molecule has 0 unspecified atom stereocenters. The molecule has 4 heteroatoms. The van der Waals surface area contributed by atoms with E-state index in [2.05, 4.69) is 9.97 Å². The second kappa shape index (κ2) is 3.08. The van der Waals surface area contributed by atoms with Gasteiger partial charge in [0.1, 0.15) is 5.52 Å². The third kappa shape index (κ3) is 1.38. The second-order valence-electron chi connectivity index (χ2n) is 3.76. The zero-order chi connectivity index (χ0) is 11.2. The lowest BCUT2D eigenvalue weighted by Gasteiger charge is -1.99. The summed E-state index contributed by atoms with van der Waals surface area (Å²) >= 11 is 0. The molecule has 0 amide bonds. The van der Waals surface area contributed by atoms with E-state index in [9.17, 15) is 4.79 Å². The molecule has 0 radical (unpaired) electrons. The van der Waals surface area contributed by atoms with E-state index in [-0.39, 0.29) is 5.78 Å². The predicted molar refractivity (Wildman–Crippen MR) is 60.0 cm³/mol. The lowest BCUT2D eigenvalue weighted by atomic mass is 10.1. The van der Waals surface area contributed by atoms with Crippen molar-refractivity contribution in [2.45, 2.75) is 20.8 Å². The van der Waals surface area contributed by atoms with Crippen LogP contribution in [0.15, 0.2) is 6.07 Å². The van der Waals surface area contributed by atoms with Gasteiger partial charge in [0, 0.05) is 11.4 Å². The summed E-state index contributed by atoms with van der Waals surface area (Å²) in [5.41, 5.74) is 10.2. The van der Waals surface area contributed by atoms with E-state index >= 15 is 0 Å². The lowest BCUT2D eigenvalue weighted by Crippen LogP contribution is -1.96. The number of nitrogens with zero attached hydrogens (tertiary/aromatic N) is 1. The van der Waals surface area contributed by atoms with E-state index in [1.165, 1.54) is 6.92 Å². The molecule has 2 heterocycles. The fourth-order valence-corrected chi connectivity index (χ4v) is 1.87. The first-order valence-corrected chi connectivity index (χ1v) is 4.77. The summed E-state index contributed by atoms with van der Waals surface area (Å²) in [5.74, 6) is 0.0104. The minimum Gasteiger partial charge on any atom is -0.397 e. The number of carbonyl (C=O) groups excluding carboxylic acids is 1. The van der Waals surface area contributed by atoms with Crippen LogP contribution >= 0.6 is 0 Å². The minimum absolute atomic E-state index is 0.0104. The Bertz CT molecular complexity index is 554. The smallest absolute Gasteiger partial charge is 0.163 e. The number of Topliss-reactive ketones (excluding diaryl/α,β-unsaturated/α-hetero) is 1. The summed E-state index contributed by atoms with van der Waals surface area (Å²) in [6, 6.07) is 1.79. The van der Waals surface area contributed by atoms with Crippen molar-refractivity contribution in [1.82, 2.24) is 9.97 Å². The number of ketones is 1. The first kappa shape index (κ1) is 9.71. The van der Waals surface area contributed by atoms with Crippen LogP contribution in [-0.2, 0) is 0 Å². The molecule has 0 aromatic carbocycles. The summed E-state index contributed by atoms with van der Waals surface area (Å²) in [5, 5.41) is 0. The van der Waals surface area contributed by atoms with E-state index in [0.29, 0.717) is 16.8 Å². The highest BCUT2D eigenvalue weighted by atomic mass is 16.1. The SMILES string of the molecule is CC(=O)c1c(C)[nH]c2c(N)cc(C)nc12. The summed E-state index contributed by atoms with van der Waals surface area (Å²) < 4.78 is 0. The van der Waals surface area contributed by atoms with Crippen molar-refractivity contribution >= 4 is 22.5 Å². The maximum Gasteiger partial charge on any atom is 0.163 e. The van der Waals surface area contributed by atoms with Crippen molar-refractivity contribution in [1.29, 1.82) is 0 Å². The van der Waals surface area contributed by atoms with Gasteiger partial charge in [0.05, 0.1) is 16.8 Å². The molecule has 2 aromatic heterocycles. The summed E-state index contributed by atoms with van der Waals surface area (Å²) in [6.45, 7) is 5.26. The number of nitrogens with one attached hydrogen (secondary N) is 1. The fourth-order valence-electron chi connectivity index (χ4n) is 1.87. The lowest BCUT2D eigenvalue weighted by molar-refractivity contribution is 0.101. The molecule has 2 aromatic rings. The van der Waals surface area contributed by atoms with Gasteiger partial charge in [-0.15, -0.1) is 0 Å². The Labute approximate surface area is 87.5 Å². The van der Waals surface area contributed by atoms with Gasteiger partial charge in [-0.05, 0) is 26.8 Å². The molecule has 0 fully saturated rings. The van der Waals surface area contributed by atoms with Gasteiger partial charge in [0.15, 0.2) is 5.78 Å². The molecule has 2 rings (SSSR count). The highest BCUT2D eigenvalue weighted by molar-refractivity contribution is 6.08. The topological polar surface area (TPSA) is 71.8 Å². The summed E-state index contributed by atoms with van der Waals surface area (Å²) in [4.78, 5) is 18.9. The molecule has 15 heavy (non-hydrogen) atoms. The molecule has 0 aliphatic carbocycles. The monoisotopic (exact) mass is 203 g/mol. The summed E-state index contributed by atoms with van der Waals surface area (Å²) in [6.07, 6.45) is 0. The van der Waals surface area contributed by atoms with E-state index in [0.717, 1.165) is 16.9 Å². The highest BCUT2D eigenvalue weighted by Gasteiger charge is 2.15. The van der Waals surface area contributed by atoms with Crippen molar-refractivity contribution < 1.29 is 4.79 Å². The molecule has 0 aliphatic heterocycles. The van der Waals surface area contributed by atoms with Gasteiger partial charge in [-0.3, -0.25) is 9.78 Å². The van der Waals surface area contributed by atoms with Gasteiger partial charge >= 0.3 is 0 Å². The number of pyridine rings is 1. The van der Waals surface area contributed by atoms with Crippen LogP contribution in [0, 0.1) is 13.8 Å². The van der Waals surface area contributed by atoms with Crippen molar-refractivity contribution in [2.24, 2.45) is 0 Å². The largest absolute Gasteiger partial charge is 0.397 e. The van der Waals surface area contributed by atoms with E-state index in [4.69, 9.17) is 5.73 Å². The maximum atomic E-state index is 11.5. The number of H-pyrrole nitrogens is 1. The number of rotatable bonds is 1. The van der Waals surface area contributed by atoms with Gasteiger partial charge in [-0.2, -0.15) is 0 Å². The van der Waals surface area contributed by atoms with Crippen LogP contribution in [0.3, 0.4) is 0 Å². The standard InChI is InChI=1S/C11H13N3O/c1-5-4-8(12)10-11(13-5)9(7(3)15)6(2)14-10/h4,14H,1-3H3,(H2,12,13). The minimum atomic E-state index is 0.0104. The van der Waals surface area contributed by atoms with Gasteiger partial charge < -0.3 is 10.7 Å². The molecule has 0 aliphatic rings. The molecule has 4 nitrogen and oxygen atoms in total. The molecule has 3 N–H and O–H groups in total. The van der Waals surface area contributed by atoms with Crippen molar-refractivity contribution in [3.63, 3.8) is 0 Å². The Kier molecular flexibility index (Phi) is 2.00. The van der Waals surface area contributed by atoms with Crippen LogP contribution < -0.4 is 5.73 Å². The molecular weight excluding hydrogens is 190 g/mol. The molecule has 0 bridgehead atoms. The van der Waals surface area contributed by atoms with Crippen LogP contribution in [-0.4, -0.2) is 15.8 Å². The third-order valence-corrected chi connectivity index (χ3v) is 2.45. The van der Waals surface area contributed by atoms with Crippen molar-refractivity contribution in [3.8, 4) is 0 Å². The van der Waals surface area contributed by atoms with Crippen LogP contribution in [0.1, 0.15) is 28.7 Å². The fraction of sp³-hybridized carbons (Fsp3) is 0.273. The number of nitrogen functional groups attached to an aromatic ring is 1. The Morgan fingerprint density at radius 3 is 2.73 bits per heavy atom. The van der Waals surface area contributed by atoms with E-state index in [1.54, 1.807) is 6.07 Å². The number of carbonyl (C=O) groups is 1. The molecule has 0 saturated heterocycles. The number of fused-ring (bicyclic) bond motifs is 1. The Hall–Kier alpha value is -1.84. The average molecular weight is 203 g/mol.